The van der Waals surface area contributed by atoms with Crippen molar-refractivity contribution in [2.45, 2.75) is 33.4 Å². The molecule has 1 fully saturated rings. The fraction of sp³-hybridized carbons (Fsp3) is 0.231. The zero-order chi connectivity index (χ0) is 25.1. The number of rotatable bonds is 7. The van der Waals surface area contributed by atoms with Crippen LogP contribution in [0.25, 0.3) is 17.0 Å². The summed E-state index contributed by atoms with van der Waals surface area (Å²) in [6.45, 7) is 5.34. The molecule has 35 heavy (non-hydrogen) atoms. The number of hydrogen-bond donors (Lipinski definition) is 1. The minimum Gasteiger partial charge on any atom is -0.464 e. The summed E-state index contributed by atoms with van der Waals surface area (Å²) in [5, 5.41) is 3.20. The van der Waals surface area contributed by atoms with Gasteiger partial charge in [0.15, 0.2) is 0 Å². The molecule has 0 saturated carbocycles. The van der Waals surface area contributed by atoms with Gasteiger partial charge in [-0.2, -0.15) is 0 Å². The van der Waals surface area contributed by atoms with Crippen molar-refractivity contribution in [2.24, 2.45) is 0 Å². The number of ether oxygens (including phenoxy) is 1. The number of esters is 1. The summed E-state index contributed by atoms with van der Waals surface area (Å²) in [7, 11) is 0. The molecule has 1 atom stereocenters. The number of carbonyl (C=O) groups excluding carboxylic acids is 4. The van der Waals surface area contributed by atoms with Crippen LogP contribution in [0.1, 0.15) is 25.0 Å². The van der Waals surface area contributed by atoms with Crippen LogP contribution in [0.15, 0.2) is 59.6 Å². The van der Waals surface area contributed by atoms with Gasteiger partial charge in [0, 0.05) is 28.4 Å². The van der Waals surface area contributed by atoms with Gasteiger partial charge in [0.2, 0.25) is 5.91 Å². The lowest BCUT2D eigenvalue weighted by atomic mass is 10.1. The van der Waals surface area contributed by atoms with Crippen LogP contribution in [0.2, 0.25) is 0 Å². The Labute approximate surface area is 206 Å². The van der Waals surface area contributed by atoms with E-state index in [-0.39, 0.29) is 24.0 Å². The number of hydrogen-bond acceptors (Lipinski definition) is 6. The largest absolute Gasteiger partial charge is 0.464 e. The van der Waals surface area contributed by atoms with Crippen molar-refractivity contribution in [2.75, 3.05) is 11.9 Å². The predicted octanol–water partition coefficient (Wildman–Crippen LogP) is 4.58. The molecule has 4 rings (SSSR count). The summed E-state index contributed by atoms with van der Waals surface area (Å²) in [4.78, 5) is 51.4. The molecule has 8 nitrogen and oxygen atoms in total. The Morgan fingerprint density at radius 2 is 1.83 bits per heavy atom. The Kier molecular flexibility index (Phi) is 7.07. The number of fused-ring (bicyclic) bond motifs is 1. The van der Waals surface area contributed by atoms with E-state index in [0.29, 0.717) is 11.3 Å². The number of aryl methyl sites for hydroxylation is 1. The fourth-order valence-corrected chi connectivity index (χ4v) is 4.74. The maximum atomic E-state index is 13.0. The van der Waals surface area contributed by atoms with Crippen LogP contribution in [0.4, 0.5) is 10.5 Å². The first-order valence-corrected chi connectivity index (χ1v) is 12.0. The summed E-state index contributed by atoms with van der Waals surface area (Å²) < 4.78 is 6.76. The smallest absolute Gasteiger partial charge is 0.329 e. The van der Waals surface area contributed by atoms with E-state index in [0.717, 1.165) is 33.1 Å². The summed E-state index contributed by atoms with van der Waals surface area (Å²) in [6.07, 6.45) is 3.40. The molecule has 0 bridgehead atoms. The minimum absolute atomic E-state index is 0.0730. The molecule has 1 aromatic heterocycles. The van der Waals surface area contributed by atoms with Gasteiger partial charge in [-0.15, -0.1) is 0 Å². The van der Waals surface area contributed by atoms with Gasteiger partial charge in [-0.05, 0) is 56.8 Å². The van der Waals surface area contributed by atoms with E-state index in [2.05, 4.69) is 5.32 Å². The average Bonchev–Trinajstić information content (AvgIpc) is 3.31. The first-order chi connectivity index (χ1) is 16.8. The van der Waals surface area contributed by atoms with Crippen LogP contribution < -0.4 is 5.32 Å². The zero-order valence-corrected chi connectivity index (χ0v) is 20.4. The third kappa shape index (κ3) is 5.14. The van der Waals surface area contributed by atoms with E-state index in [9.17, 15) is 19.2 Å². The fourth-order valence-electron chi connectivity index (χ4n) is 3.84. The van der Waals surface area contributed by atoms with Crippen LogP contribution in [-0.4, -0.2) is 45.1 Å². The second-order valence-electron chi connectivity index (χ2n) is 8.12. The van der Waals surface area contributed by atoms with Gasteiger partial charge in [0.1, 0.15) is 12.6 Å². The van der Waals surface area contributed by atoms with E-state index in [1.54, 1.807) is 23.8 Å². The maximum Gasteiger partial charge on any atom is 0.329 e. The zero-order valence-electron chi connectivity index (χ0n) is 19.6. The number of imide groups is 1. The molecule has 0 spiro atoms. The van der Waals surface area contributed by atoms with Crippen molar-refractivity contribution in [1.82, 2.24) is 9.47 Å². The molecule has 9 heteroatoms. The highest BCUT2D eigenvalue weighted by Gasteiger charge is 2.41. The molecule has 3 aromatic rings. The lowest BCUT2D eigenvalue weighted by Gasteiger charge is -2.19. The van der Waals surface area contributed by atoms with Crippen LogP contribution in [0.3, 0.4) is 0 Å². The highest BCUT2D eigenvalue weighted by molar-refractivity contribution is 8.18. The predicted molar refractivity (Wildman–Crippen MR) is 136 cm³/mol. The Morgan fingerprint density at radius 1 is 1.11 bits per heavy atom. The Hall–Kier alpha value is -3.85. The first kappa shape index (κ1) is 24.3. The van der Waals surface area contributed by atoms with Crippen LogP contribution >= 0.6 is 11.8 Å². The maximum absolute atomic E-state index is 13.0. The van der Waals surface area contributed by atoms with E-state index < -0.39 is 23.2 Å². The number of aromatic nitrogens is 1. The van der Waals surface area contributed by atoms with Gasteiger partial charge >= 0.3 is 5.97 Å². The Balaban J connectivity index is 1.59. The number of para-hydroxylation sites is 1. The molecule has 2 heterocycles. The molecule has 0 radical (unpaired) electrons. The van der Waals surface area contributed by atoms with Crippen molar-refractivity contribution < 1.29 is 23.9 Å². The second-order valence-corrected chi connectivity index (χ2v) is 9.12. The van der Waals surface area contributed by atoms with E-state index in [1.807, 2.05) is 55.5 Å². The van der Waals surface area contributed by atoms with Gasteiger partial charge in [0.05, 0.1) is 11.5 Å². The monoisotopic (exact) mass is 491 g/mol. The number of carbonyl (C=O) groups is 4. The van der Waals surface area contributed by atoms with Crippen LogP contribution in [0, 0.1) is 6.92 Å². The van der Waals surface area contributed by atoms with Crippen molar-refractivity contribution >= 4 is 57.5 Å². The number of thioether (sulfide) groups is 1. The van der Waals surface area contributed by atoms with Crippen LogP contribution in [0.5, 0.6) is 0 Å². The van der Waals surface area contributed by atoms with Crippen molar-refractivity contribution in [3.05, 3.63) is 70.8 Å². The number of nitrogens with one attached hydrogen (secondary N) is 1. The first-order valence-electron chi connectivity index (χ1n) is 11.2. The number of amides is 3. The molecule has 1 aliphatic heterocycles. The molecular formula is C26H25N3O5S. The summed E-state index contributed by atoms with van der Waals surface area (Å²) in [5.74, 6) is -1.37. The topological polar surface area (TPSA) is 97.7 Å². The molecule has 1 saturated heterocycles. The van der Waals surface area contributed by atoms with Crippen molar-refractivity contribution in [3.63, 3.8) is 0 Å². The Bertz CT molecular complexity index is 1340. The Morgan fingerprint density at radius 3 is 2.54 bits per heavy atom. The third-order valence-electron chi connectivity index (χ3n) is 5.59. The molecule has 0 aliphatic carbocycles. The van der Waals surface area contributed by atoms with Gasteiger partial charge in [-0.3, -0.25) is 19.3 Å². The normalized spacial score (nSPS) is 15.6. The number of benzene rings is 2. The van der Waals surface area contributed by atoms with Gasteiger partial charge in [0.25, 0.3) is 11.1 Å². The lowest BCUT2D eigenvalue weighted by molar-refractivity contribution is -0.150. The number of anilines is 1. The molecule has 0 unspecified atom stereocenters. The summed E-state index contributed by atoms with van der Waals surface area (Å²) in [6, 6.07) is 14.0. The van der Waals surface area contributed by atoms with E-state index in [4.69, 9.17) is 4.74 Å². The standard InChI is InChI=1S/C26H25N3O5S/c1-4-34-25(32)17(3)29-24(31)22(35-26(29)33)13-18-14-28(21-8-6-5-7-20(18)21)15-23(30)27-19-11-9-16(2)10-12-19/h5-14,17H,4,15H2,1-3H3,(H,27,30)/b22-13+/t17-/m1/s1. The SMILES string of the molecule is CCOC(=O)[C@@H](C)N1C(=O)S/C(=C/c2cn(CC(=O)Nc3ccc(C)cc3)c3ccccc23)C1=O. The summed E-state index contributed by atoms with van der Waals surface area (Å²) >= 11 is 0.777. The third-order valence-corrected chi connectivity index (χ3v) is 6.48. The van der Waals surface area contributed by atoms with Gasteiger partial charge in [-0.1, -0.05) is 35.9 Å². The van der Waals surface area contributed by atoms with Crippen LogP contribution in [-0.2, 0) is 25.7 Å². The van der Waals surface area contributed by atoms with Crippen molar-refractivity contribution in [1.29, 1.82) is 0 Å². The molecule has 180 valence electrons. The lowest BCUT2D eigenvalue weighted by Crippen LogP contribution is -2.42. The highest BCUT2D eigenvalue weighted by atomic mass is 32.2. The average molecular weight is 492 g/mol. The molecular weight excluding hydrogens is 466 g/mol. The minimum atomic E-state index is -1.01. The van der Waals surface area contributed by atoms with E-state index >= 15 is 0 Å². The van der Waals surface area contributed by atoms with Gasteiger partial charge < -0.3 is 14.6 Å². The molecule has 2 aromatic carbocycles. The van der Waals surface area contributed by atoms with Gasteiger partial charge in [-0.25, -0.2) is 4.79 Å². The van der Waals surface area contributed by atoms with Crippen molar-refractivity contribution in [3.8, 4) is 0 Å². The summed E-state index contributed by atoms with van der Waals surface area (Å²) in [5.41, 5.74) is 3.32. The molecule has 1 N–H and O–H groups in total. The second kappa shape index (κ2) is 10.2. The van der Waals surface area contributed by atoms with E-state index in [1.165, 1.54) is 6.92 Å². The molecule has 3 amide bonds. The quantitative estimate of drug-likeness (QED) is 0.384. The number of nitrogens with zero attached hydrogens (tertiary/aromatic N) is 2. The molecule has 1 aliphatic rings. The highest BCUT2D eigenvalue weighted by Crippen LogP contribution is 2.35.